The van der Waals surface area contributed by atoms with Crippen LogP contribution in [0.3, 0.4) is 0 Å². The first kappa shape index (κ1) is 9.51. The summed E-state index contributed by atoms with van der Waals surface area (Å²) in [5.74, 6) is 0. The van der Waals surface area contributed by atoms with Crippen LogP contribution in [0.2, 0.25) is 0 Å². The summed E-state index contributed by atoms with van der Waals surface area (Å²) in [4.78, 5) is 6.69. The van der Waals surface area contributed by atoms with E-state index in [2.05, 4.69) is 9.88 Å². The largest absolute Gasteiger partial charge is 0.423 e. The predicted octanol–water partition coefficient (Wildman–Crippen LogP) is 2.40. The third-order valence-electron chi connectivity index (χ3n) is 3.03. The van der Waals surface area contributed by atoms with Crippen LogP contribution in [0.1, 0.15) is 19.3 Å². The van der Waals surface area contributed by atoms with E-state index in [1.807, 2.05) is 18.2 Å². The van der Waals surface area contributed by atoms with E-state index in [-0.39, 0.29) is 0 Å². The number of fused-ring (bicyclic) bond motifs is 1. The summed E-state index contributed by atoms with van der Waals surface area (Å²) in [6.45, 7) is 2.09. The van der Waals surface area contributed by atoms with Gasteiger partial charge in [0.05, 0.1) is 0 Å². The van der Waals surface area contributed by atoms with Crippen molar-refractivity contribution in [2.45, 2.75) is 19.3 Å². The molecule has 4 nitrogen and oxygen atoms in total. The van der Waals surface area contributed by atoms with Crippen molar-refractivity contribution in [3.8, 4) is 0 Å². The Morgan fingerprint density at radius 2 is 2.00 bits per heavy atom. The van der Waals surface area contributed by atoms with Gasteiger partial charge in [0, 0.05) is 24.8 Å². The molecule has 1 aromatic carbocycles. The van der Waals surface area contributed by atoms with E-state index in [0.717, 1.165) is 30.2 Å². The van der Waals surface area contributed by atoms with E-state index in [1.54, 1.807) is 0 Å². The lowest BCUT2D eigenvalue weighted by Crippen LogP contribution is -2.29. The van der Waals surface area contributed by atoms with Gasteiger partial charge in [-0.15, -0.1) is 0 Å². The number of rotatable bonds is 1. The molecule has 16 heavy (non-hydrogen) atoms. The summed E-state index contributed by atoms with van der Waals surface area (Å²) in [6, 6.07) is 6.32. The number of piperidine rings is 1. The molecule has 0 aliphatic carbocycles. The van der Waals surface area contributed by atoms with Crippen LogP contribution >= 0.6 is 0 Å². The van der Waals surface area contributed by atoms with Gasteiger partial charge in [-0.2, -0.15) is 4.98 Å². The van der Waals surface area contributed by atoms with Gasteiger partial charge in [-0.25, -0.2) is 0 Å². The molecular weight excluding hydrogens is 202 g/mol. The zero-order valence-corrected chi connectivity index (χ0v) is 9.15. The van der Waals surface area contributed by atoms with Crippen molar-refractivity contribution in [3.05, 3.63) is 18.2 Å². The van der Waals surface area contributed by atoms with Gasteiger partial charge in [-0.3, -0.25) is 0 Å². The maximum Gasteiger partial charge on any atom is 0.298 e. The number of anilines is 2. The molecule has 2 heterocycles. The molecule has 0 unspecified atom stereocenters. The highest BCUT2D eigenvalue weighted by molar-refractivity contribution is 5.78. The van der Waals surface area contributed by atoms with E-state index in [1.165, 1.54) is 19.3 Å². The van der Waals surface area contributed by atoms with Crippen LogP contribution in [-0.2, 0) is 0 Å². The molecule has 0 spiro atoms. The average molecular weight is 217 g/mol. The van der Waals surface area contributed by atoms with Crippen LogP contribution in [0, 0.1) is 0 Å². The first-order valence-corrected chi connectivity index (χ1v) is 5.74. The number of nitrogens with two attached hydrogens (primary N) is 1. The highest BCUT2D eigenvalue weighted by Gasteiger charge is 2.16. The lowest BCUT2D eigenvalue weighted by atomic mass is 10.1. The second kappa shape index (κ2) is 3.70. The number of nitrogens with zero attached hydrogens (tertiary/aromatic N) is 2. The van der Waals surface area contributed by atoms with Crippen LogP contribution in [-0.4, -0.2) is 18.1 Å². The fourth-order valence-corrected chi connectivity index (χ4v) is 2.15. The second-order valence-electron chi connectivity index (χ2n) is 4.27. The molecule has 0 amide bonds. The van der Waals surface area contributed by atoms with Crippen LogP contribution in [0.15, 0.2) is 22.6 Å². The zero-order chi connectivity index (χ0) is 11.0. The molecule has 0 atom stereocenters. The summed E-state index contributed by atoms with van der Waals surface area (Å²) in [5.41, 5.74) is 8.09. The minimum Gasteiger partial charge on any atom is -0.423 e. The van der Waals surface area contributed by atoms with E-state index < -0.39 is 0 Å². The van der Waals surface area contributed by atoms with Crippen molar-refractivity contribution < 1.29 is 4.42 Å². The third-order valence-corrected chi connectivity index (χ3v) is 3.03. The average Bonchev–Trinajstić information content (AvgIpc) is 2.73. The fraction of sp³-hybridized carbons (Fsp3) is 0.417. The topological polar surface area (TPSA) is 55.3 Å². The maximum absolute atomic E-state index is 5.72. The Hall–Kier alpha value is -1.71. The molecule has 0 radical (unpaired) electrons. The lowest BCUT2D eigenvalue weighted by Gasteiger charge is -2.24. The van der Waals surface area contributed by atoms with E-state index in [9.17, 15) is 0 Å². The lowest BCUT2D eigenvalue weighted by molar-refractivity contribution is 0.509. The van der Waals surface area contributed by atoms with Gasteiger partial charge in [-0.1, -0.05) is 0 Å². The Morgan fingerprint density at radius 3 is 2.81 bits per heavy atom. The molecule has 2 aromatic rings. The first-order chi connectivity index (χ1) is 7.83. The van der Waals surface area contributed by atoms with Crippen molar-refractivity contribution in [1.82, 2.24) is 4.98 Å². The van der Waals surface area contributed by atoms with Gasteiger partial charge in [0.25, 0.3) is 6.01 Å². The second-order valence-corrected chi connectivity index (χ2v) is 4.27. The maximum atomic E-state index is 5.72. The zero-order valence-electron chi connectivity index (χ0n) is 9.15. The molecule has 1 aliphatic rings. The quantitative estimate of drug-likeness (QED) is 0.745. The van der Waals surface area contributed by atoms with Gasteiger partial charge in [0.15, 0.2) is 5.58 Å². The molecule has 84 valence electrons. The van der Waals surface area contributed by atoms with Gasteiger partial charge >= 0.3 is 0 Å². The van der Waals surface area contributed by atoms with Crippen LogP contribution in [0.4, 0.5) is 11.7 Å². The van der Waals surface area contributed by atoms with Crippen LogP contribution < -0.4 is 10.6 Å². The summed E-state index contributed by atoms with van der Waals surface area (Å²) < 4.78 is 5.72. The SMILES string of the molecule is Nc1ccc2nc(N3CCCCC3)oc2c1. The minimum absolute atomic E-state index is 0.717. The summed E-state index contributed by atoms with van der Waals surface area (Å²) in [7, 11) is 0. The van der Waals surface area contributed by atoms with Crippen molar-refractivity contribution in [2.24, 2.45) is 0 Å². The molecule has 1 saturated heterocycles. The molecule has 0 saturated carbocycles. The normalized spacial score (nSPS) is 16.9. The number of hydrogen-bond donors (Lipinski definition) is 1. The minimum atomic E-state index is 0.717. The summed E-state index contributed by atoms with van der Waals surface area (Å²) in [5, 5.41) is 0. The van der Waals surface area contributed by atoms with E-state index in [4.69, 9.17) is 10.2 Å². The van der Waals surface area contributed by atoms with Gasteiger partial charge < -0.3 is 15.1 Å². The summed E-state index contributed by atoms with van der Waals surface area (Å²) >= 11 is 0. The van der Waals surface area contributed by atoms with E-state index in [0.29, 0.717) is 5.69 Å². The van der Waals surface area contributed by atoms with Crippen molar-refractivity contribution in [1.29, 1.82) is 0 Å². The Morgan fingerprint density at radius 1 is 1.19 bits per heavy atom. The summed E-state index contributed by atoms with van der Waals surface area (Å²) in [6.07, 6.45) is 3.76. The van der Waals surface area contributed by atoms with Crippen LogP contribution in [0.5, 0.6) is 0 Å². The highest BCUT2D eigenvalue weighted by atomic mass is 16.4. The van der Waals surface area contributed by atoms with Crippen molar-refractivity contribution in [3.63, 3.8) is 0 Å². The first-order valence-electron chi connectivity index (χ1n) is 5.74. The highest BCUT2D eigenvalue weighted by Crippen LogP contribution is 2.25. The number of oxazole rings is 1. The molecule has 1 fully saturated rings. The molecule has 1 aromatic heterocycles. The molecule has 2 N–H and O–H groups in total. The van der Waals surface area contributed by atoms with Crippen molar-refractivity contribution >= 4 is 22.8 Å². The Labute approximate surface area is 94.0 Å². The smallest absolute Gasteiger partial charge is 0.298 e. The van der Waals surface area contributed by atoms with E-state index >= 15 is 0 Å². The van der Waals surface area contributed by atoms with Gasteiger partial charge in [0.2, 0.25) is 0 Å². The van der Waals surface area contributed by atoms with Gasteiger partial charge in [0.1, 0.15) is 5.52 Å². The molecule has 4 heteroatoms. The molecular formula is C12H15N3O. The standard InChI is InChI=1S/C12H15N3O/c13-9-4-5-10-11(8-9)16-12(14-10)15-6-2-1-3-7-15/h4-5,8H,1-3,6-7,13H2. The number of nitrogen functional groups attached to an aromatic ring is 1. The number of aromatic nitrogens is 1. The molecule has 0 bridgehead atoms. The molecule has 1 aliphatic heterocycles. The van der Waals surface area contributed by atoms with Crippen LogP contribution in [0.25, 0.3) is 11.1 Å². The monoisotopic (exact) mass is 217 g/mol. The predicted molar refractivity (Wildman–Crippen MR) is 64.5 cm³/mol. The number of benzene rings is 1. The third kappa shape index (κ3) is 1.60. The Balaban J connectivity index is 1.97. The Bertz CT molecular complexity index is 500. The number of hydrogen-bond acceptors (Lipinski definition) is 4. The Kier molecular flexibility index (Phi) is 2.20. The van der Waals surface area contributed by atoms with Crippen molar-refractivity contribution in [2.75, 3.05) is 23.7 Å². The van der Waals surface area contributed by atoms with Gasteiger partial charge in [-0.05, 0) is 31.4 Å². The fourth-order valence-electron chi connectivity index (χ4n) is 2.15. The molecule has 3 rings (SSSR count).